The van der Waals surface area contributed by atoms with Crippen LogP contribution in [0.3, 0.4) is 0 Å². The zero-order valence-corrected chi connectivity index (χ0v) is 8.87. The SMILES string of the molecule is Cc1ccc(C)c2c1oc1ccccc12. The van der Waals surface area contributed by atoms with E-state index in [1.54, 1.807) is 0 Å². The summed E-state index contributed by atoms with van der Waals surface area (Å²) in [4.78, 5) is 0. The Morgan fingerprint density at radius 1 is 0.867 bits per heavy atom. The smallest absolute Gasteiger partial charge is 0.138 e. The van der Waals surface area contributed by atoms with Crippen LogP contribution in [0.5, 0.6) is 0 Å². The van der Waals surface area contributed by atoms with Crippen LogP contribution < -0.4 is 0 Å². The largest absolute Gasteiger partial charge is 0.456 e. The predicted octanol–water partition coefficient (Wildman–Crippen LogP) is 4.20. The number of furan rings is 1. The molecule has 0 atom stereocenters. The van der Waals surface area contributed by atoms with Gasteiger partial charge in [-0.05, 0) is 31.0 Å². The summed E-state index contributed by atoms with van der Waals surface area (Å²) in [7, 11) is 0. The van der Waals surface area contributed by atoms with Gasteiger partial charge in [0.15, 0.2) is 0 Å². The van der Waals surface area contributed by atoms with Crippen LogP contribution in [-0.2, 0) is 0 Å². The van der Waals surface area contributed by atoms with Gasteiger partial charge in [0.25, 0.3) is 0 Å². The van der Waals surface area contributed by atoms with E-state index < -0.39 is 0 Å². The molecule has 1 heterocycles. The van der Waals surface area contributed by atoms with Crippen molar-refractivity contribution in [2.75, 3.05) is 0 Å². The molecule has 1 aromatic heterocycles. The van der Waals surface area contributed by atoms with E-state index in [2.05, 4.69) is 38.1 Å². The van der Waals surface area contributed by atoms with Gasteiger partial charge in [-0.15, -0.1) is 0 Å². The molecule has 0 unspecified atom stereocenters. The zero-order valence-electron chi connectivity index (χ0n) is 8.87. The standard InChI is InChI=1S/C14H12O/c1-9-7-8-10(2)14-13(9)11-5-3-4-6-12(11)15-14/h3-8H,1-2H3. The molecule has 0 amide bonds. The summed E-state index contributed by atoms with van der Waals surface area (Å²) >= 11 is 0. The summed E-state index contributed by atoms with van der Waals surface area (Å²) in [5.74, 6) is 0. The maximum Gasteiger partial charge on any atom is 0.138 e. The number of hydrogen-bond donors (Lipinski definition) is 0. The first kappa shape index (κ1) is 8.54. The van der Waals surface area contributed by atoms with E-state index in [0.717, 1.165) is 11.2 Å². The monoisotopic (exact) mass is 196 g/mol. The molecule has 15 heavy (non-hydrogen) atoms. The van der Waals surface area contributed by atoms with Gasteiger partial charge in [-0.1, -0.05) is 30.3 Å². The molecular formula is C14H12O. The normalized spacial score (nSPS) is 11.3. The van der Waals surface area contributed by atoms with Crippen molar-refractivity contribution < 1.29 is 4.42 Å². The number of fused-ring (bicyclic) bond motifs is 3. The van der Waals surface area contributed by atoms with Crippen molar-refractivity contribution in [1.82, 2.24) is 0 Å². The second kappa shape index (κ2) is 2.86. The molecule has 0 aliphatic carbocycles. The van der Waals surface area contributed by atoms with Crippen molar-refractivity contribution in [2.45, 2.75) is 13.8 Å². The molecule has 0 N–H and O–H groups in total. The average molecular weight is 196 g/mol. The number of aryl methyl sites for hydroxylation is 2. The van der Waals surface area contributed by atoms with E-state index in [-0.39, 0.29) is 0 Å². The molecule has 1 heteroatoms. The molecule has 0 bridgehead atoms. The van der Waals surface area contributed by atoms with Crippen LogP contribution in [0.15, 0.2) is 40.8 Å². The molecule has 1 nitrogen and oxygen atoms in total. The quantitative estimate of drug-likeness (QED) is 0.525. The molecule has 0 radical (unpaired) electrons. The molecule has 0 saturated heterocycles. The molecule has 0 spiro atoms. The van der Waals surface area contributed by atoms with E-state index in [0.29, 0.717) is 0 Å². The first-order valence-electron chi connectivity index (χ1n) is 5.15. The van der Waals surface area contributed by atoms with Crippen LogP contribution in [0.4, 0.5) is 0 Å². The Morgan fingerprint density at radius 2 is 1.60 bits per heavy atom. The lowest BCUT2D eigenvalue weighted by atomic mass is 10.0. The van der Waals surface area contributed by atoms with Gasteiger partial charge in [0.2, 0.25) is 0 Å². The van der Waals surface area contributed by atoms with Crippen LogP contribution >= 0.6 is 0 Å². The third-order valence-electron chi connectivity index (χ3n) is 2.93. The summed E-state index contributed by atoms with van der Waals surface area (Å²) in [5, 5.41) is 2.47. The summed E-state index contributed by atoms with van der Waals surface area (Å²) in [6, 6.07) is 12.5. The molecule has 0 aliphatic rings. The molecule has 74 valence electrons. The highest BCUT2D eigenvalue weighted by Gasteiger charge is 2.09. The van der Waals surface area contributed by atoms with Gasteiger partial charge in [-0.3, -0.25) is 0 Å². The highest BCUT2D eigenvalue weighted by Crippen LogP contribution is 2.32. The van der Waals surface area contributed by atoms with Crippen molar-refractivity contribution in [1.29, 1.82) is 0 Å². The Bertz CT molecular complexity index is 647. The zero-order chi connectivity index (χ0) is 10.4. The Kier molecular flexibility index (Phi) is 1.63. The van der Waals surface area contributed by atoms with Crippen LogP contribution in [0, 0.1) is 13.8 Å². The fourth-order valence-electron chi connectivity index (χ4n) is 2.12. The van der Waals surface area contributed by atoms with Gasteiger partial charge in [-0.2, -0.15) is 0 Å². The molecule has 0 fully saturated rings. The topological polar surface area (TPSA) is 13.1 Å². The first-order chi connectivity index (χ1) is 7.27. The second-order valence-corrected chi connectivity index (χ2v) is 4.00. The second-order valence-electron chi connectivity index (χ2n) is 4.00. The lowest BCUT2D eigenvalue weighted by Gasteiger charge is -1.97. The summed E-state index contributed by atoms with van der Waals surface area (Å²) in [6.07, 6.45) is 0. The third kappa shape index (κ3) is 1.09. The van der Waals surface area contributed by atoms with E-state index in [1.807, 2.05) is 12.1 Å². The average Bonchev–Trinajstić information content (AvgIpc) is 2.64. The maximum atomic E-state index is 5.86. The summed E-state index contributed by atoms with van der Waals surface area (Å²) < 4.78 is 5.86. The molecule has 3 aromatic rings. The van der Waals surface area contributed by atoms with Crippen LogP contribution in [0.25, 0.3) is 21.9 Å². The van der Waals surface area contributed by atoms with E-state index >= 15 is 0 Å². The van der Waals surface area contributed by atoms with Crippen molar-refractivity contribution in [2.24, 2.45) is 0 Å². The number of rotatable bonds is 0. The highest BCUT2D eigenvalue weighted by molar-refractivity contribution is 6.07. The minimum Gasteiger partial charge on any atom is -0.456 e. The maximum absolute atomic E-state index is 5.86. The van der Waals surface area contributed by atoms with Gasteiger partial charge in [0.1, 0.15) is 11.2 Å². The Morgan fingerprint density at radius 3 is 2.47 bits per heavy atom. The summed E-state index contributed by atoms with van der Waals surface area (Å²) in [6.45, 7) is 4.22. The number of benzene rings is 2. The molecule has 0 saturated carbocycles. The van der Waals surface area contributed by atoms with Crippen molar-refractivity contribution in [3.8, 4) is 0 Å². The van der Waals surface area contributed by atoms with E-state index in [1.165, 1.54) is 21.9 Å². The van der Waals surface area contributed by atoms with Gasteiger partial charge in [0.05, 0.1) is 0 Å². The van der Waals surface area contributed by atoms with E-state index in [4.69, 9.17) is 4.42 Å². The minimum absolute atomic E-state index is 0.977. The first-order valence-corrected chi connectivity index (χ1v) is 5.15. The van der Waals surface area contributed by atoms with Crippen molar-refractivity contribution in [3.63, 3.8) is 0 Å². The van der Waals surface area contributed by atoms with Crippen LogP contribution in [0.1, 0.15) is 11.1 Å². The van der Waals surface area contributed by atoms with Gasteiger partial charge in [-0.25, -0.2) is 0 Å². The Labute approximate surface area is 88.3 Å². The Balaban J connectivity index is 2.66. The molecule has 0 aliphatic heterocycles. The van der Waals surface area contributed by atoms with Crippen molar-refractivity contribution >= 4 is 21.9 Å². The number of para-hydroxylation sites is 1. The predicted molar refractivity (Wildman–Crippen MR) is 63.2 cm³/mol. The lowest BCUT2D eigenvalue weighted by molar-refractivity contribution is 0.665. The van der Waals surface area contributed by atoms with Gasteiger partial charge < -0.3 is 4.42 Å². The fraction of sp³-hybridized carbons (Fsp3) is 0.143. The van der Waals surface area contributed by atoms with E-state index in [9.17, 15) is 0 Å². The molecular weight excluding hydrogens is 184 g/mol. The van der Waals surface area contributed by atoms with Crippen molar-refractivity contribution in [3.05, 3.63) is 47.5 Å². The third-order valence-corrected chi connectivity index (χ3v) is 2.93. The highest BCUT2D eigenvalue weighted by atomic mass is 16.3. The molecule has 3 rings (SSSR count). The van der Waals surface area contributed by atoms with Gasteiger partial charge >= 0.3 is 0 Å². The molecule has 2 aromatic carbocycles. The number of hydrogen-bond acceptors (Lipinski definition) is 1. The Hall–Kier alpha value is -1.76. The minimum atomic E-state index is 0.977. The van der Waals surface area contributed by atoms with Crippen LogP contribution in [-0.4, -0.2) is 0 Å². The fourth-order valence-corrected chi connectivity index (χ4v) is 2.12. The van der Waals surface area contributed by atoms with Gasteiger partial charge in [0, 0.05) is 10.8 Å². The lowest BCUT2D eigenvalue weighted by Crippen LogP contribution is -1.77. The summed E-state index contributed by atoms with van der Waals surface area (Å²) in [5.41, 5.74) is 4.48. The van der Waals surface area contributed by atoms with Crippen LogP contribution in [0.2, 0.25) is 0 Å².